The zero-order valence-corrected chi connectivity index (χ0v) is 18.5. The predicted octanol–water partition coefficient (Wildman–Crippen LogP) is 3.98. The van der Waals surface area contributed by atoms with E-state index in [0.29, 0.717) is 19.0 Å². The molecule has 6 nitrogen and oxygen atoms in total. The van der Waals surface area contributed by atoms with Crippen molar-refractivity contribution < 1.29 is 9.53 Å². The van der Waals surface area contributed by atoms with Crippen LogP contribution < -0.4 is 5.32 Å². The van der Waals surface area contributed by atoms with E-state index in [0.717, 1.165) is 30.6 Å². The third-order valence-electron chi connectivity index (χ3n) is 7.83. The topological polar surface area (TPSA) is 69.0 Å². The molecule has 1 N–H and O–H groups in total. The van der Waals surface area contributed by atoms with E-state index < -0.39 is 0 Å². The molecular formula is C25H32N4O2. The Hall–Kier alpha value is -2.47. The lowest BCUT2D eigenvalue weighted by Crippen LogP contribution is -2.45. The number of fused-ring (bicyclic) bond motifs is 2. The summed E-state index contributed by atoms with van der Waals surface area (Å²) in [4.78, 5) is 12.7. The maximum Gasteiger partial charge on any atom is 0.310 e. The molecule has 2 heterocycles. The summed E-state index contributed by atoms with van der Waals surface area (Å²) in [5, 5.41) is 11.9. The van der Waals surface area contributed by atoms with Crippen LogP contribution in [0.4, 0.5) is 0 Å². The highest BCUT2D eigenvalue weighted by Crippen LogP contribution is 2.56. The van der Waals surface area contributed by atoms with E-state index in [4.69, 9.17) is 4.74 Å². The van der Waals surface area contributed by atoms with Crippen molar-refractivity contribution in [1.82, 2.24) is 20.3 Å². The molecule has 2 saturated carbocycles. The molecule has 0 spiro atoms. The molecule has 1 aliphatic heterocycles. The van der Waals surface area contributed by atoms with E-state index >= 15 is 0 Å². The lowest BCUT2D eigenvalue weighted by Gasteiger charge is -2.50. The maximum absolute atomic E-state index is 12.7. The number of carbonyl (C=O) groups excluding carboxylic acids is 1. The molecule has 2 aromatic rings. The zero-order valence-electron chi connectivity index (χ0n) is 18.5. The van der Waals surface area contributed by atoms with Crippen molar-refractivity contribution in [3.05, 3.63) is 53.9 Å². The molecule has 3 aliphatic rings. The fourth-order valence-corrected chi connectivity index (χ4v) is 6.05. The molecule has 164 valence electrons. The first kappa shape index (κ1) is 20.4. The predicted molar refractivity (Wildman–Crippen MR) is 118 cm³/mol. The monoisotopic (exact) mass is 420 g/mol. The Balaban J connectivity index is 1.21. The molecule has 0 unspecified atom stereocenters. The Morgan fingerprint density at radius 3 is 2.94 bits per heavy atom. The second kappa shape index (κ2) is 7.90. The van der Waals surface area contributed by atoms with E-state index in [9.17, 15) is 4.79 Å². The fourth-order valence-electron chi connectivity index (χ4n) is 6.05. The largest absolute Gasteiger partial charge is 0.462 e. The van der Waals surface area contributed by atoms with Gasteiger partial charge in [-0.25, -0.2) is 4.68 Å². The summed E-state index contributed by atoms with van der Waals surface area (Å²) in [6, 6.07) is 8.19. The van der Waals surface area contributed by atoms with Gasteiger partial charge in [0.05, 0.1) is 23.5 Å². The van der Waals surface area contributed by atoms with Crippen molar-refractivity contribution in [3.8, 4) is 5.69 Å². The number of nitrogens with one attached hydrogen (secondary N) is 1. The van der Waals surface area contributed by atoms with Gasteiger partial charge >= 0.3 is 5.97 Å². The van der Waals surface area contributed by atoms with Crippen molar-refractivity contribution in [2.75, 3.05) is 6.54 Å². The van der Waals surface area contributed by atoms with Gasteiger partial charge in [-0.2, -0.15) is 0 Å². The highest BCUT2D eigenvalue weighted by atomic mass is 16.6. The number of nitrogens with zero attached hydrogens (tertiary/aromatic N) is 3. The van der Waals surface area contributed by atoms with Crippen LogP contribution in [-0.4, -0.2) is 33.6 Å². The lowest BCUT2D eigenvalue weighted by atomic mass is 9.55. The number of hydrogen-bond acceptors (Lipinski definition) is 5. The van der Waals surface area contributed by atoms with Crippen LogP contribution in [0.5, 0.6) is 0 Å². The van der Waals surface area contributed by atoms with Crippen molar-refractivity contribution in [3.63, 3.8) is 0 Å². The molecule has 6 heteroatoms. The van der Waals surface area contributed by atoms with Crippen molar-refractivity contribution in [2.24, 2.45) is 23.2 Å². The molecule has 31 heavy (non-hydrogen) atoms. The number of aromatic nitrogens is 3. The van der Waals surface area contributed by atoms with Crippen LogP contribution in [0.2, 0.25) is 0 Å². The van der Waals surface area contributed by atoms with Gasteiger partial charge in [0, 0.05) is 19.0 Å². The minimum absolute atomic E-state index is 0.0429. The van der Waals surface area contributed by atoms with Crippen LogP contribution in [-0.2, 0) is 16.1 Å². The van der Waals surface area contributed by atoms with Crippen molar-refractivity contribution >= 4 is 5.97 Å². The molecule has 5 rings (SSSR count). The summed E-state index contributed by atoms with van der Waals surface area (Å²) < 4.78 is 7.65. The summed E-state index contributed by atoms with van der Waals surface area (Å²) in [5.74, 6) is 0.681. The third kappa shape index (κ3) is 3.82. The first-order valence-corrected chi connectivity index (χ1v) is 11.5. The smallest absolute Gasteiger partial charge is 0.310 e. The number of esters is 1. The Kier molecular flexibility index (Phi) is 5.21. The molecule has 1 saturated heterocycles. The summed E-state index contributed by atoms with van der Waals surface area (Å²) in [5.41, 5.74) is 4.69. The Morgan fingerprint density at radius 2 is 2.13 bits per heavy atom. The Bertz CT molecular complexity index is 982. The first-order valence-electron chi connectivity index (χ1n) is 11.5. The van der Waals surface area contributed by atoms with E-state index in [2.05, 4.69) is 48.2 Å². The number of benzene rings is 1. The first-order chi connectivity index (χ1) is 14.9. The average Bonchev–Trinajstić information content (AvgIpc) is 3.31. The zero-order chi connectivity index (χ0) is 21.6. The molecule has 1 aromatic heterocycles. The van der Waals surface area contributed by atoms with Gasteiger partial charge in [0.1, 0.15) is 6.10 Å². The fraction of sp³-hybridized carbons (Fsp3) is 0.560. The number of allylic oxidation sites excluding steroid dienone is 1. The summed E-state index contributed by atoms with van der Waals surface area (Å²) in [7, 11) is 0. The van der Waals surface area contributed by atoms with Gasteiger partial charge in [-0.1, -0.05) is 42.0 Å². The number of rotatable bonds is 5. The average molecular weight is 421 g/mol. The summed E-state index contributed by atoms with van der Waals surface area (Å²) >= 11 is 0. The van der Waals surface area contributed by atoms with Crippen LogP contribution in [0.1, 0.15) is 50.3 Å². The van der Waals surface area contributed by atoms with Crippen LogP contribution in [0, 0.1) is 30.1 Å². The van der Waals surface area contributed by atoms with Gasteiger partial charge in [-0.15, -0.1) is 5.10 Å². The molecule has 0 amide bonds. The molecule has 0 bridgehead atoms. The minimum Gasteiger partial charge on any atom is -0.462 e. The second-order valence-electron chi connectivity index (χ2n) is 10.0. The van der Waals surface area contributed by atoms with E-state index in [-0.39, 0.29) is 29.3 Å². The highest BCUT2D eigenvalue weighted by molar-refractivity contribution is 5.75. The van der Waals surface area contributed by atoms with Gasteiger partial charge in [0.25, 0.3) is 0 Å². The van der Waals surface area contributed by atoms with Crippen molar-refractivity contribution in [2.45, 2.75) is 58.6 Å². The van der Waals surface area contributed by atoms with E-state index in [1.807, 2.05) is 18.3 Å². The molecule has 0 radical (unpaired) electrons. The lowest BCUT2D eigenvalue weighted by molar-refractivity contribution is -0.146. The van der Waals surface area contributed by atoms with Crippen LogP contribution in [0.25, 0.3) is 5.69 Å². The molecular weight excluding hydrogens is 388 g/mol. The molecule has 3 fully saturated rings. The quantitative estimate of drug-likeness (QED) is 0.585. The van der Waals surface area contributed by atoms with Crippen LogP contribution in [0.3, 0.4) is 0 Å². The Labute approximate surface area is 184 Å². The van der Waals surface area contributed by atoms with E-state index in [1.165, 1.54) is 24.0 Å². The van der Waals surface area contributed by atoms with Gasteiger partial charge in [-0.3, -0.25) is 4.79 Å². The molecule has 2 aliphatic carbocycles. The number of carbonyl (C=O) groups is 1. The molecule has 5 atom stereocenters. The van der Waals surface area contributed by atoms with Crippen molar-refractivity contribution in [1.29, 1.82) is 0 Å². The highest BCUT2D eigenvalue weighted by Gasteiger charge is 2.54. The normalized spacial score (nSPS) is 32.5. The van der Waals surface area contributed by atoms with Gasteiger partial charge < -0.3 is 10.1 Å². The standard InChI is InChI=1S/C25H32N4O2/c1-16-6-8-19(9-7-16)29-15-18(27-28-29)13-26-14-21-20-11-22-17(2)5-4-10-25(22,3)12-23(20)31-24(21)30/h6-9,15,20-23,26H,2,4-5,10-14H2,1,3H3/t20-,21+,22+,23-,25-/m1/s1. The Morgan fingerprint density at radius 1 is 1.32 bits per heavy atom. The molecule has 1 aromatic carbocycles. The third-order valence-corrected chi connectivity index (χ3v) is 7.83. The summed E-state index contributed by atoms with van der Waals surface area (Å²) in [6.07, 6.45) is 7.57. The second-order valence-corrected chi connectivity index (χ2v) is 10.0. The van der Waals surface area contributed by atoms with Crippen LogP contribution in [0.15, 0.2) is 42.6 Å². The minimum atomic E-state index is -0.0866. The summed E-state index contributed by atoms with van der Waals surface area (Å²) in [6.45, 7) is 10.0. The van der Waals surface area contributed by atoms with E-state index in [1.54, 1.807) is 4.68 Å². The van der Waals surface area contributed by atoms with Gasteiger partial charge in [-0.05, 0) is 62.5 Å². The van der Waals surface area contributed by atoms with Gasteiger partial charge in [0.15, 0.2) is 0 Å². The maximum atomic E-state index is 12.7. The van der Waals surface area contributed by atoms with Gasteiger partial charge in [0.2, 0.25) is 0 Å². The number of ether oxygens (including phenoxy) is 1. The number of hydrogen-bond donors (Lipinski definition) is 1. The SMILES string of the molecule is C=C1CCC[C@]2(C)C[C@H]3OC(=O)[C@@H](CNCc4cn(-c5ccc(C)cc5)nn4)[C@H]3C[C@@H]12. The number of aryl methyl sites for hydroxylation is 1. The van der Waals surface area contributed by atoms with Crippen LogP contribution >= 0.6 is 0 Å².